The van der Waals surface area contributed by atoms with Gasteiger partial charge >= 0.3 is 5.97 Å². The van der Waals surface area contributed by atoms with E-state index in [-0.39, 0.29) is 12.1 Å². The van der Waals surface area contributed by atoms with Gasteiger partial charge in [-0.2, -0.15) is 0 Å². The maximum Gasteiger partial charge on any atom is 0.305 e. The van der Waals surface area contributed by atoms with Crippen LogP contribution in [0.1, 0.15) is 104 Å². The highest BCUT2D eigenvalue weighted by Gasteiger charge is 2.62. The van der Waals surface area contributed by atoms with Gasteiger partial charge in [0.15, 0.2) is 0 Å². The number of carbonyl (C=O) groups is 1. The van der Waals surface area contributed by atoms with Crippen molar-refractivity contribution in [3.8, 4) is 0 Å². The van der Waals surface area contributed by atoms with Crippen LogP contribution in [0.25, 0.3) is 0 Å². The van der Waals surface area contributed by atoms with Crippen molar-refractivity contribution in [2.75, 3.05) is 33.3 Å². The second-order valence-electron chi connectivity index (χ2n) is 14.1. The zero-order valence-corrected chi connectivity index (χ0v) is 25.0. The molecule has 0 spiro atoms. The summed E-state index contributed by atoms with van der Waals surface area (Å²) in [7, 11) is 1.49. The van der Waals surface area contributed by atoms with Gasteiger partial charge in [-0.15, -0.1) is 0 Å². The first-order chi connectivity index (χ1) is 18.2. The number of hydrogen-bond donors (Lipinski definition) is 4. The Morgan fingerprint density at radius 2 is 1.74 bits per heavy atom. The number of aliphatic hydroxyl groups excluding tert-OH is 1. The number of esters is 1. The summed E-state index contributed by atoms with van der Waals surface area (Å²) in [5, 5.41) is 19.1. The van der Waals surface area contributed by atoms with Crippen molar-refractivity contribution < 1.29 is 14.6 Å². The maximum absolute atomic E-state index is 11.8. The topological polar surface area (TPSA) is 96.6 Å². The smallest absolute Gasteiger partial charge is 0.305 e. The SMILES string of the molecule is COC(=O)CCC(C)[C@H]1CCC2C3C(CC[C@@]21C)[C@@]1(C)CC[C@@H](NCCCNCCCCN)C[C@H]1C[C@H]3O. The third-order valence-electron chi connectivity index (χ3n) is 12.2. The van der Waals surface area contributed by atoms with Crippen LogP contribution in [0.3, 0.4) is 0 Å². The molecule has 0 aromatic heterocycles. The Kier molecular flexibility index (Phi) is 10.6. The van der Waals surface area contributed by atoms with Crippen LogP contribution in [0, 0.1) is 46.3 Å². The van der Waals surface area contributed by atoms with Crippen LogP contribution in [0.4, 0.5) is 0 Å². The second kappa shape index (κ2) is 13.3. The van der Waals surface area contributed by atoms with Crippen LogP contribution in [-0.2, 0) is 9.53 Å². The van der Waals surface area contributed by atoms with Crippen molar-refractivity contribution in [2.24, 2.45) is 52.1 Å². The molecule has 220 valence electrons. The molecule has 6 heteroatoms. The lowest BCUT2D eigenvalue weighted by atomic mass is 9.43. The van der Waals surface area contributed by atoms with Gasteiger partial charge in [-0.3, -0.25) is 4.79 Å². The summed E-state index contributed by atoms with van der Waals surface area (Å²) < 4.78 is 4.91. The van der Waals surface area contributed by atoms with Crippen molar-refractivity contribution in [2.45, 2.75) is 116 Å². The molecule has 0 aliphatic heterocycles. The van der Waals surface area contributed by atoms with Crippen molar-refractivity contribution >= 4 is 5.97 Å². The molecule has 0 radical (unpaired) electrons. The molecular weight excluding hydrogens is 474 g/mol. The minimum atomic E-state index is -0.150. The molecule has 4 rings (SSSR count). The van der Waals surface area contributed by atoms with Crippen LogP contribution in [0.5, 0.6) is 0 Å². The van der Waals surface area contributed by atoms with E-state index in [1.54, 1.807) is 0 Å². The molecule has 0 aromatic rings. The minimum Gasteiger partial charge on any atom is -0.469 e. The number of carbonyl (C=O) groups excluding carboxylic acids is 1. The highest BCUT2D eigenvalue weighted by molar-refractivity contribution is 5.69. The Hall–Kier alpha value is -0.690. The summed E-state index contributed by atoms with van der Waals surface area (Å²) in [5.74, 6) is 3.51. The van der Waals surface area contributed by atoms with Gasteiger partial charge in [0.1, 0.15) is 0 Å². The highest BCUT2D eigenvalue weighted by Crippen LogP contribution is 2.68. The third kappa shape index (κ3) is 6.29. The number of rotatable bonds is 13. The van der Waals surface area contributed by atoms with Crippen LogP contribution in [-0.4, -0.2) is 56.5 Å². The van der Waals surface area contributed by atoms with Gasteiger partial charge in [-0.25, -0.2) is 0 Å². The summed E-state index contributed by atoms with van der Waals surface area (Å²) in [6.45, 7) is 11.5. The first-order valence-corrected chi connectivity index (χ1v) is 16.1. The molecule has 5 N–H and O–H groups in total. The quantitative estimate of drug-likeness (QED) is 0.199. The fourth-order valence-electron chi connectivity index (χ4n) is 10.1. The van der Waals surface area contributed by atoms with E-state index in [1.807, 2.05) is 0 Å². The molecule has 0 bridgehead atoms. The number of aliphatic hydroxyl groups is 1. The van der Waals surface area contributed by atoms with Crippen molar-refractivity contribution in [3.63, 3.8) is 0 Å². The largest absolute Gasteiger partial charge is 0.469 e. The van der Waals surface area contributed by atoms with E-state index in [0.29, 0.717) is 58.8 Å². The Labute approximate surface area is 233 Å². The Morgan fingerprint density at radius 3 is 2.50 bits per heavy atom. The zero-order chi connectivity index (χ0) is 27.3. The number of hydrogen-bond acceptors (Lipinski definition) is 6. The maximum atomic E-state index is 11.8. The molecule has 10 atom stereocenters. The van der Waals surface area contributed by atoms with E-state index in [2.05, 4.69) is 31.4 Å². The molecular formula is C32H59N3O3. The molecule has 0 aromatic carbocycles. The van der Waals surface area contributed by atoms with Crippen molar-refractivity contribution in [3.05, 3.63) is 0 Å². The van der Waals surface area contributed by atoms with Crippen LogP contribution >= 0.6 is 0 Å². The second-order valence-corrected chi connectivity index (χ2v) is 14.1. The van der Waals surface area contributed by atoms with Gasteiger partial charge in [0.25, 0.3) is 0 Å². The van der Waals surface area contributed by atoms with Crippen LogP contribution in [0.15, 0.2) is 0 Å². The van der Waals surface area contributed by atoms with E-state index in [4.69, 9.17) is 10.5 Å². The molecule has 4 unspecified atom stereocenters. The summed E-state index contributed by atoms with van der Waals surface area (Å²) in [6.07, 6.45) is 14.7. The van der Waals surface area contributed by atoms with E-state index in [9.17, 15) is 9.90 Å². The molecule has 4 fully saturated rings. The molecule has 0 amide bonds. The van der Waals surface area contributed by atoms with Gasteiger partial charge < -0.3 is 26.2 Å². The Morgan fingerprint density at radius 1 is 1.00 bits per heavy atom. The van der Waals surface area contributed by atoms with Gasteiger partial charge in [-0.1, -0.05) is 20.8 Å². The lowest BCUT2D eigenvalue weighted by molar-refractivity contribution is -0.167. The number of ether oxygens (including phenoxy) is 1. The first-order valence-electron chi connectivity index (χ1n) is 16.1. The molecule has 6 nitrogen and oxygen atoms in total. The van der Waals surface area contributed by atoms with Crippen LogP contribution < -0.4 is 16.4 Å². The molecule has 4 saturated carbocycles. The van der Waals surface area contributed by atoms with Crippen molar-refractivity contribution in [1.29, 1.82) is 0 Å². The van der Waals surface area contributed by atoms with Gasteiger partial charge in [0.2, 0.25) is 0 Å². The molecule has 0 heterocycles. The third-order valence-corrected chi connectivity index (χ3v) is 12.2. The molecule has 0 saturated heterocycles. The lowest BCUT2D eigenvalue weighted by Gasteiger charge is -2.62. The summed E-state index contributed by atoms with van der Waals surface area (Å²) in [4.78, 5) is 11.8. The first kappa shape index (κ1) is 30.3. The summed E-state index contributed by atoms with van der Waals surface area (Å²) >= 11 is 0. The standard InChI is InChI=1S/C32H59N3O3/c1-22(8-11-29(37)38-4)25-9-10-26-30-27(13-15-32(25,26)3)31(2)14-12-24(20-23(31)21-28(30)36)35-19-7-18-34-17-6-5-16-33/h22-28,30,34-36H,5-21,33H2,1-4H3/t22?,23-,24+,25+,26?,27?,28+,30?,31-,32+/m0/s1. The Balaban J connectivity index is 1.31. The van der Waals surface area contributed by atoms with Gasteiger partial charge in [-0.05, 0) is 150 Å². The predicted molar refractivity (Wildman–Crippen MR) is 155 cm³/mol. The minimum absolute atomic E-state index is 0.0815. The number of fused-ring (bicyclic) bond motifs is 5. The fraction of sp³-hybridized carbons (Fsp3) is 0.969. The van der Waals surface area contributed by atoms with Crippen molar-refractivity contribution in [1.82, 2.24) is 10.6 Å². The summed E-state index contributed by atoms with van der Waals surface area (Å²) in [6, 6.07) is 0.606. The molecule has 4 aliphatic carbocycles. The average molecular weight is 534 g/mol. The zero-order valence-electron chi connectivity index (χ0n) is 25.0. The summed E-state index contributed by atoms with van der Waals surface area (Å²) in [5.41, 5.74) is 6.26. The van der Waals surface area contributed by atoms with E-state index in [1.165, 1.54) is 64.9 Å². The predicted octanol–water partition coefficient (Wildman–Crippen LogP) is 4.88. The normalized spacial score (nSPS) is 41.2. The van der Waals surface area contributed by atoms with Crippen LogP contribution in [0.2, 0.25) is 0 Å². The monoisotopic (exact) mass is 533 g/mol. The Bertz CT molecular complexity index is 764. The number of unbranched alkanes of at least 4 members (excludes halogenated alkanes) is 1. The van der Waals surface area contributed by atoms with E-state index >= 15 is 0 Å². The number of methoxy groups -OCH3 is 1. The average Bonchev–Trinajstić information content (AvgIpc) is 3.26. The molecule has 38 heavy (non-hydrogen) atoms. The van der Waals surface area contributed by atoms with E-state index < -0.39 is 0 Å². The lowest BCUT2D eigenvalue weighted by Crippen LogP contribution is -2.59. The highest BCUT2D eigenvalue weighted by atomic mass is 16.5. The molecule has 4 aliphatic rings. The number of nitrogens with two attached hydrogens (primary N) is 1. The van der Waals surface area contributed by atoms with E-state index in [0.717, 1.165) is 45.4 Å². The fourth-order valence-corrected chi connectivity index (χ4v) is 10.1. The van der Waals surface area contributed by atoms with Gasteiger partial charge in [0.05, 0.1) is 13.2 Å². The number of nitrogens with one attached hydrogen (secondary N) is 2. The van der Waals surface area contributed by atoms with Gasteiger partial charge in [0, 0.05) is 12.5 Å².